The normalized spacial score (nSPS) is 11.9. The maximum atomic E-state index is 12.3. The molecule has 0 aromatic heterocycles. The van der Waals surface area contributed by atoms with E-state index in [2.05, 4.69) is 15.9 Å². The molecular weight excluding hydrogens is 282 g/mol. The molecule has 0 amide bonds. The van der Waals surface area contributed by atoms with Crippen LogP contribution in [0, 0.1) is 0 Å². The second kappa shape index (κ2) is 4.08. The van der Waals surface area contributed by atoms with Gasteiger partial charge in [0.25, 0.3) is 0 Å². The Balaban J connectivity index is 3.29. The van der Waals surface area contributed by atoms with E-state index in [1.807, 2.05) is 0 Å². The number of benzene rings is 1. The van der Waals surface area contributed by atoms with E-state index in [-0.39, 0.29) is 16.0 Å². The van der Waals surface area contributed by atoms with Crippen LogP contribution in [0.4, 0.5) is 13.2 Å². The van der Waals surface area contributed by atoms with Gasteiger partial charge in [0, 0.05) is 16.0 Å². The monoisotopic (exact) mass is 287 g/mol. The van der Waals surface area contributed by atoms with Crippen molar-refractivity contribution in [3.8, 4) is 0 Å². The van der Waals surface area contributed by atoms with Gasteiger partial charge in [0.05, 0.1) is 5.56 Å². The van der Waals surface area contributed by atoms with E-state index in [1.54, 1.807) is 0 Å². The third kappa shape index (κ3) is 2.40. The standard InChI is InChI=1S/C8H6BrClF3N/c9-6-1-4(3-14)7(10)2-5(6)8(11,12)13/h1-2H,3,14H2. The van der Waals surface area contributed by atoms with Gasteiger partial charge in [0.15, 0.2) is 0 Å². The van der Waals surface area contributed by atoms with Crippen LogP contribution >= 0.6 is 27.5 Å². The van der Waals surface area contributed by atoms with Crippen molar-refractivity contribution in [1.29, 1.82) is 0 Å². The molecule has 0 aliphatic heterocycles. The van der Waals surface area contributed by atoms with Gasteiger partial charge in [-0.2, -0.15) is 13.2 Å². The quantitative estimate of drug-likeness (QED) is 0.840. The summed E-state index contributed by atoms with van der Waals surface area (Å²) in [7, 11) is 0. The Morgan fingerprint density at radius 2 is 1.93 bits per heavy atom. The van der Waals surface area contributed by atoms with Gasteiger partial charge >= 0.3 is 6.18 Å². The maximum Gasteiger partial charge on any atom is 0.417 e. The summed E-state index contributed by atoms with van der Waals surface area (Å²) in [6.45, 7) is 0.107. The van der Waals surface area contributed by atoms with Gasteiger partial charge in [-0.25, -0.2) is 0 Å². The summed E-state index contributed by atoms with van der Waals surface area (Å²) in [4.78, 5) is 0. The van der Waals surface area contributed by atoms with Gasteiger partial charge in [0.2, 0.25) is 0 Å². The fourth-order valence-corrected chi connectivity index (χ4v) is 1.82. The third-order valence-corrected chi connectivity index (χ3v) is 2.67. The molecule has 2 N–H and O–H groups in total. The highest BCUT2D eigenvalue weighted by Crippen LogP contribution is 2.37. The third-order valence-electron chi connectivity index (χ3n) is 1.66. The summed E-state index contributed by atoms with van der Waals surface area (Å²) in [6, 6.07) is 2.15. The van der Waals surface area contributed by atoms with Crippen molar-refractivity contribution in [2.24, 2.45) is 5.73 Å². The first-order chi connectivity index (χ1) is 6.36. The van der Waals surface area contributed by atoms with Crippen molar-refractivity contribution in [3.05, 3.63) is 32.8 Å². The van der Waals surface area contributed by atoms with Crippen LogP contribution in [0.1, 0.15) is 11.1 Å². The van der Waals surface area contributed by atoms with Gasteiger partial charge in [-0.3, -0.25) is 0 Å². The summed E-state index contributed by atoms with van der Waals surface area (Å²) >= 11 is 8.43. The molecule has 0 heterocycles. The summed E-state index contributed by atoms with van der Waals surface area (Å²) in [5.74, 6) is 0. The minimum Gasteiger partial charge on any atom is -0.326 e. The van der Waals surface area contributed by atoms with E-state index in [1.165, 1.54) is 6.07 Å². The Morgan fingerprint density at radius 3 is 2.36 bits per heavy atom. The van der Waals surface area contributed by atoms with E-state index in [0.717, 1.165) is 6.07 Å². The fourth-order valence-electron chi connectivity index (χ4n) is 0.962. The number of hydrogen-bond acceptors (Lipinski definition) is 1. The lowest BCUT2D eigenvalue weighted by Crippen LogP contribution is -2.07. The lowest BCUT2D eigenvalue weighted by Gasteiger charge is -2.11. The molecular formula is C8H6BrClF3N. The SMILES string of the molecule is NCc1cc(Br)c(C(F)(F)F)cc1Cl. The van der Waals surface area contributed by atoms with Gasteiger partial charge in [-0.15, -0.1) is 0 Å². The molecule has 0 radical (unpaired) electrons. The zero-order valence-electron chi connectivity index (χ0n) is 6.83. The summed E-state index contributed by atoms with van der Waals surface area (Å²) in [5.41, 5.74) is 4.98. The van der Waals surface area contributed by atoms with Crippen LogP contribution in [0.5, 0.6) is 0 Å². The second-order valence-electron chi connectivity index (χ2n) is 2.63. The first-order valence-electron chi connectivity index (χ1n) is 3.61. The maximum absolute atomic E-state index is 12.3. The predicted molar refractivity (Wildman–Crippen MR) is 52.0 cm³/mol. The predicted octanol–water partition coefficient (Wildman–Crippen LogP) is 3.58. The lowest BCUT2D eigenvalue weighted by molar-refractivity contribution is -0.138. The van der Waals surface area contributed by atoms with Gasteiger partial charge < -0.3 is 5.73 Å². The minimum absolute atomic E-state index is 0.0306. The smallest absolute Gasteiger partial charge is 0.326 e. The fraction of sp³-hybridized carbons (Fsp3) is 0.250. The zero-order chi connectivity index (χ0) is 10.9. The van der Waals surface area contributed by atoms with Crippen molar-refractivity contribution in [3.63, 3.8) is 0 Å². The Morgan fingerprint density at radius 1 is 1.36 bits per heavy atom. The van der Waals surface area contributed by atoms with Crippen molar-refractivity contribution in [2.75, 3.05) is 0 Å². The van der Waals surface area contributed by atoms with E-state index in [9.17, 15) is 13.2 Å². The zero-order valence-corrected chi connectivity index (χ0v) is 9.17. The van der Waals surface area contributed by atoms with Crippen LogP contribution in [0.15, 0.2) is 16.6 Å². The number of halogens is 5. The molecule has 78 valence electrons. The Bertz CT molecular complexity index is 351. The van der Waals surface area contributed by atoms with Gasteiger partial charge in [0.1, 0.15) is 0 Å². The minimum atomic E-state index is -4.41. The molecule has 6 heteroatoms. The van der Waals surface area contributed by atoms with Crippen LogP contribution < -0.4 is 5.73 Å². The Hall–Kier alpha value is -0.260. The molecule has 0 saturated carbocycles. The molecule has 0 atom stereocenters. The number of alkyl halides is 3. The van der Waals surface area contributed by atoms with Crippen molar-refractivity contribution in [2.45, 2.75) is 12.7 Å². The highest BCUT2D eigenvalue weighted by atomic mass is 79.9. The second-order valence-corrected chi connectivity index (χ2v) is 3.89. The first kappa shape index (κ1) is 11.8. The largest absolute Gasteiger partial charge is 0.417 e. The molecule has 14 heavy (non-hydrogen) atoms. The van der Waals surface area contributed by atoms with E-state index < -0.39 is 11.7 Å². The van der Waals surface area contributed by atoms with Crippen LogP contribution in [0.2, 0.25) is 5.02 Å². The molecule has 0 aliphatic carbocycles. The van der Waals surface area contributed by atoms with E-state index >= 15 is 0 Å². The van der Waals surface area contributed by atoms with Gasteiger partial charge in [-0.05, 0) is 17.7 Å². The number of rotatable bonds is 1. The van der Waals surface area contributed by atoms with Crippen molar-refractivity contribution >= 4 is 27.5 Å². The average molecular weight is 288 g/mol. The summed E-state index contributed by atoms with van der Waals surface area (Å²) < 4.78 is 37.0. The van der Waals surface area contributed by atoms with Gasteiger partial charge in [-0.1, -0.05) is 27.5 Å². The molecule has 1 nitrogen and oxygen atoms in total. The molecule has 1 aromatic carbocycles. The molecule has 1 rings (SSSR count). The summed E-state index contributed by atoms with van der Waals surface area (Å²) in [5, 5.41) is 0.0306. The first-order valence-corrected chi connectivity index (χ1v) is 4.78. The number of hydrogen-bond donors (Lipinski definition) is 1. The molecule has 0 aliphatic rings. The van der Waals surface area contributed by atoms with E-state index in [0.29, 0.717) is 5.56 Å². The van der Waals surface area contributed by atoms with Crippen molar-refractivity contribution in [1.82, 2.24) is 0 Å². The topological polar surface area (TPSA) is 26.0 Å². The lowest BCUT2D eigenvalue weighted by atomic mass is 10.1. The van der Waals surface area contributed by atoms with Crippen molar-refractivity contribution < 1.29 is 13.2 Å². The van der Waals surface area contributed by atoms with Crippen LogP contribution in [0.25, 0.3) is 0 Å². The Kier molecular flexibility index (Phi) is 3.44. The van der Waals surface area contributed by atoms with Crippen LogP contribution in [-0.2, 0) is 12.7 Å². The summed E-state index contributed by atoms with van der Waals surface area (Å²) in [6.07, 6.45) is -4.41. The highest BCUT2D eigenvalue weighted by Gasteiger charge is 2.33. The highest BCUT2D eigenvalue weighted by molar-refractivity contribution is 9.10. The van der Waals surface area contributed by atoms with Crippen LogP contribution in [0.3, 0.4) is 0 Å². The molecule has 1 aromatic rings. The molecule has 0 spiro atoms. The molecule has 0 bridgehead atoms. The number of nitrogens with two attached hydrogens (primary N) is 1. The Labute approximate surface area is 92.2 Å². The molecule has 0 saturated heterocycles. The van der Waals surface area contributed by atoms with Crippen LogP contribution in [-0.4, -0.2) is 0 Å². The molecule has 0 fully saturated rings. The average Bonchev–Trinajstić information content (AvgIpc) is 2.06. The molecule has 0 unspecified atom stereocenters. The van der Waals surface area contributed by atoms with E-state index in [4.69, 9.17) is 17.3 Å².